The van der Waals surface area contributed by atoms with Crippen molar-refractivity contribution in [1.29, 1.82) is 0 Å². The molecule has 0 spiro atoms. The van der Waals surface area contributed by atoms with Crippen LogP contribution in [0.1, 0.15) is 24.5 Å². The van der Waals surface area contributed by atoms with E-state index >= 15 is 0 Å². The van der Waals surface area contributed by atoms with Gasteiger partial charge in [0.1, 0.15) is 11.6 Å². The Labute approximate surface area is 186 Å². The van der Waals surface area contributed by atoms with Gasteiger partial charge in [-0.3, -0.25) is 4.90 Å². The number of aliphatic hydroxyl groups is 1. The van der Waals surface area contributed by atoms with Gasteiger partial charge in [0, 0.05) is 35.7 Å². The van der Waals surface area contributed by atoms with E-state index in [2.05, 4.69) is 10.1 Å². The number of aromatic nitrogens is 1. The third kappa shape index (κ3) is 3.72. The molecular weight excluding hydrogens is 409 g/mol. The molecular formula is C25H26FN3O3. The van der Waals surface area contributed by atoms with Crippen molar-refractivity contribution in [3.05, 3.63) is 59.9 Å². The van der Waals surface area contributed by atoms with Gasteiger partial charge in [-0.15, -0.1) is 5.16 Å². The number of rotatable bonds is 5. The van der Waals surface area contributed by atoms with E-state index in [0.717, 1.165) is 48.0 Å². The molecule has 1 aromatic heterocycles. The second-order valence-electron chi connectivity index (χ2n) is 8.71. The molecule has 0 saturated carbocycles. The van der Waals surface area contributed by atoms with Crippen LogP contribution >= 0.6 is 0 Å². The summed E-state index contributed by atoms with van der Waals surface area (Å²) in [6, 6.07) is 13.8. The van der Waals surface area contributed by atoms with Crippen LogP contribution < -0.4 is 4.74 Å². The molecule has 6 rings (SSSR count). The van der Waals surface area contributed by atoms with E-state index in [0.29, 0.717) is 17.4 Å². The SMILES string of the molecule is COc1ccc2nc(-c3ccc(F)cc3)cc([C@@H](O)[C@@H]3C[C@@H]4CCN3CC4C=NO)c2c1. The van der Waals surface area contributed by atoms with E-state index in [1.54, 1.807) is 25.5 Å². The van der Waals surface area contributed by atoms with Gasteiger partial charge < -0.3 is 15.1 Å². The highest BCUT2D eigenvalue weighted by atomic mass is 19.1. The van der Waals surface area contributed by atoms with Gasteiger partial charge in [0.2, 0.25) is 0 Å². The van der Waals surface area contributed by atoms with Crippen molar-refractivity contribution in [3.63, 3.8) is 0 Å². The van der Waals surface area contributed by atoms with Crippen LogP contribution in [0, 0.1) is 17.7 Å². The van der Waals surface area contributed by atoms with Gasteiger partial charge >= 0.3 is 0 Å². The maximum atomic E-state index is 13.5. The lowest BCUT2D eigenvalue weighted by molar-refractivity contribution is -0.0398. The van der Waals surface area contributed by atoms with Crippen molar-refractivity contribution in [2.45, 2.75) is 25.0 Å². The molecule has 6 nitrogen and oxygen atoms in total. The van der Waals surface area contributed by atoms with E-state index in [4.69, 9.17) is 14.9 Å². The number of aliphatic hydroxyl groups excluding tert-OH is 1. The summed E-state index contributed by atoms with van der Waals surface area (Å²) < 4.78 is 18.9. The van der Waals surface area contributed by atoms with Crippen LogP contribution in [0.3, 0.4) is 0 Å². The molecule has 7 heteroatoms. The number of methoxy groups -OCH3 is 1. The highest BCUT2D eigenvalue weighted by molar-refractivity contribution is 5.87. The standard InChI is InChI=1S/C25H26FN3O3/c1-32-19-6-7-22-20(11-19)21(12-23(28-22)15-2-4-18(26)5-3-15)25(30)24-10-16-8-9-29(24)14-17(16)13-27-31/h2-7,11-13,16-17,24-25,30-31H,8-10,14H2,1H3/t16-,17?,24-,25+/m0/s1. The Bertz CT molecular complexity index is 1150. The largest absolute Gasteiger partial charge is 0.497 e. The average molecular weight is 435 g/mol. The van der Waals surface area contributed by atoms with Crippen molar-refractivity contribution in [2.75, 3.05) is 20.2 Å². The summed E-state index contributed by atoms with van der Waals surface area (Å²) >= 11 is 0. The van der Waals surface area contributed by atoms with Gasteiger partial charge in [0.25, 0.3) is 0 Å². The van der Waals surface area contributed by atoms with Crippen molar-refractivity contribution in [2.24, 2.45) is 17.0 Å². The van der Waals surface area contributed by atoms with Gasteiger partial charge in [-0.2, -0.15) is 0 Å². The molecule has 32 heavy (non-hydrogen) atoms. The number of piperidine rings is 3. The lowest BCUT2D eigenvalue weighted by Crippen LogP contribution is -2.55. The molecule has 4 heterocycles. The highest BCUT2D eigenvalue weighted by Crippen LogP contribution is 2.42. The number of hydrogen-bond acceptors (Lipinski definition) is 6. The predicted molar refractivity (Wildman–Crippen MR) is 121 cm³/mol. The summed E-state index contributed by atoms with van der Waals surface area (Å²) in [4.78, 5) is 7.07. The van der Waals surface area contributed by atoms with E-state index in [1.165, 1.54) is 12.1 Å². The second-order valence-corrected chi connectivity index (χ2v) is 8.71. The number of ether oxygens (including phenoxy) is 1. The van der Waals surface area contributed by atoms with Crippen LogP contribution in [-0.2, 0) is 0 Å². The Balaban J connectivity index is 1.57. The topological polar surface area (TPSA) is 78.2 Å². The summed E-state index contributed by atoms with van der Waals surface area (Å²) in [5, 5.41) is 24.7. The first-order chi connectivity index (χ1) is 15.6. The number of hydrogen-bond donors (Lipinski definition) is 2. The third-order valence-electron chi connectivity index (χ3n) is 6.98. The first kappa shape index (κ1) is 20.8. The molecule has 0 amide bonds. The van der Waals surface area contributed by atoms with E-state index < -0.39 is 6.10 Å². The molecule has 3 aliphatic rings. The third-order valence-corrected chi connectivity index (χ3v) is 6.98. The quantitative estimate of drug-likeness (QED) is 0.356. The molecule has 3 aromatic rings. The summed E-state index contributed by atoms with van der Waals surface area (Å²) in [6.07, 6.45) is 2.77. The molecule has 3 aliphatic heterocycles. The maximum Gasteiger partial charge on any atom is 0.123 e. The first-order valence-electron chi connectivity index (χ1n) is 10.9. The molecule has 2 aromatic carbocycles. The second kappa shape index (κ2) is 8.48. The monoisotopic (exact) mass is 435 g/mol. The van der Waals surface area contributed by atoms with Gasteiger partial charge in [-0.25, -0.2) is 9.37 Å². The Kier molecular flexibility index (Phi) is 5.53. The van der Waals surface area contributed by atoms with Gasteiger partial charge in [0.15, 0.2) is 0 Å². The average Bonchev–Trinajstić information content (AvgIpc) is 2.83. The van der Waals surface area contributed by atoms with Crippen LogP contribution in [0.5, 0.6) is 5.75 Å². The minimum Gasteiger partial charge on any atom is -0.497 e. The van der Waals surface area contributed by atoms with Crippen LogP contribution in [0.2, 0.25) is 0 Å². The van der Waals surface area contributed by atoms with E-state index in [-0.39, 0.29) is 17.8 Å². The lowest BCUT2D eigenvalue weighted by Gasteiger charge is -2.50. The van der Waals surface area contributed by atoms with Crippen LogP contribution in [0.25, 0.3) is 22.2 Å². The van der Waals surface area contributed by atoms with Crippen molar-refractivity contribution in [3.8, 4) is 17.0 Å². The number of halogens is 1. The van der Waals surface area contributed by atoms with Crippen molar-refractivity contribution < 1.29 is 19.4 Å². The maximum absolute atomic E-state index is 13.5. The normalized spacial score (nSPS) is 26.0. The zero-order valence-electron chi connectivity index (χ0n) is 17.9. The summed E-state index contributed by atoms with van der Waals surface area (Å²) in [6.45, 7) is 1.69. The van der Waals surface area contributed by atoms with Crippen molar-refractivity contribution >= 4 is 17.1 Å². The van der Waals surface area contributed by atoms with E-state index in [1.807, 2.05) is 24.3 Å². The number of oxime groups is 1. The van der Waals surface area contributed by atoms with Gasteiger partial charge in [0.05, 0.1) is 24.4 Å². The zero-order valence-corrected chi connectivity index (χ0v) is 17.9. The number of benzene rings is 2. The molecule has 0 radical (unpaired) electrons. The predicted octanol–water partition coefficient (Wildman–Crippen LogP) is 4.25. The Hall–Kier alpha value is -3.03. The molecule has 3 saturated heterocycles. The number of fused-ring (bicyclic) bond motifs is 4. The molecule has 2 unspecified atom stereocenters. The molecule has 2 bridgehead atoms. The summed E-state index contributed by atoms with van der Waals surface area (Å²) in [5.74, 6) is 0.995. The fraction of sp³-hybridized carbons (Fsp3) is 0.360. The molecule has 0 aliphatic carbocycles. The molecule has 3 fully saturated rings. The lowest BCUT2D eigenvalue weighted by atomic mass is 9.74. The van der Waals surface area contributed by atoms with Crippen LogP contribution in [-0.4, -0.2) is 52.7 Å². The Morgan fingerprint density at radius 3 is 2.72 bits per heavy atom. The Morgan fingerprint density at radius 1 is 1.22 bits per heavy atom. The number of pyridine rings is 1. The van der Waals surface area contributed by atoms with Gasteiger partial charge in [-0.1, -0.05) is 0 Å². The minimum absolute atomic E-state index is 0.0324. The summed E-state index contributed by atoms with van der Waals surface area (Å²) in [5.41, 5.74) is 3.03. The van der Waals surface area contributed by atoms with Crippen LogP contribution in [0.4, 0.5) is 4.39 Å². The zero-order chi connectivity index (χ0) is 22.2. The van der Waals surface area contributed by atoms with Crippen LogP contribution in [0.15, 0.2) is 53.7 Å². The number of nitrogens with zero attached hydrogens (tertiary/aromatic N) is 3. The van der Waals surface area contributed by atoms with Gasteiger partial charge in [-0.05, 0) is 79.4 Å². The van der Waals surface area contributed by atoms with E-state index in [9.17, 15) is 9.50 Å². The molecule has 2 N–H and O–H groups in total. The molecule has 5 atom stereocenters. The minimum atomic E-state index is -0.721. The summed E-state index contributed by atoms with van der Waals surface area (Å²) in [7, 11) is 1.62. The first-order valence-corrected chi connectivity index (χ1v) is 10.9. The fourth-order valence-corrected chi connectivity index (χ4v) is 5.27. The smallest absolute Gasteiger partial charge is 0.123 e. The fourth-order valence-electron chi connectivity index (χ4n) is 5.27. The van der Waals surface area contributed by atoms with Crippen molar-refractivity contribution in [1.82, 2.24) is 9.88 Å². The molecule has 166 valence electrons. The Morgan fingerprint density at radius 2 is 2.03 bits per heavy atom. The highest BCUT2D eigenvalue weighted by Gasteiger charge is 2.43.